The minimum atomic E-state index is 0.121. The quantitative estimate of drug-likeness (QED) is 0.781. The fourth-order valence-electron chi connectivity index (χ4n) is 1.34. The second kappa shape index (κ2) is 3.47. The molecule has 1 aromatic carbocycles. The predicted octanol–water partition coefficient (Wildman–Crippen LogP) is 2.59. The Morgan fingerprint density at radius 3 is 2.73 bits per heavy atom. The zero-order valence-electron chi connectivity index (χ0n) is 7.99. The summed E-state index contributed by atoms with van der Waals surface area (Å²) in [6, 6.07) is 4.80. The van der Waals surface area contributed by atoms with Crippen molar-refractivity contribution < 1.29 is 9.63 Å². The van der Waals surface area contributed by atoms with Gasteiger partial charge in [0.25, 0.3) is 0 Å². The lowest BCUT2D eigenvalue weighted by Gasteiger charge is -2.04. The highest BCUT2D eigenvalue weighted by Gasteiger charge is 2.12. The lowest BCUT2D eigenvalue weighted by atomic mass is 10.1. The molecule has 0 atom stereocenters. The number of hydrogen-bond donors (Lipinski definition) is 2. The average molecular weight is 225 g/mol. The van der Waals surface area contributed by atoms with E-state index in [-0.39, 0.29) is 11.6 Å². The highest BCUT2D eigenvalue weighted by atomic mass is 35.5. The van der Waals surface area contributed by atoms with E-state index in [0.29, 0.717) is 21.9 Å². The Morgan fingerprint density at radius 2 is 2.13 bits per heavy atom. The Morgan fingerprint density at radius 1 is 1.40 bits per heavy atom. The fraction of sp³-hybridized carbons (Fsp3) is 0.100. The van der Waals surface area contributed by atoms with Crippen molar-refractivity contribution in [3.05, 3.63) is 28.8 Å². The van der Waals surface area contributed by atoms with Gasteiger partial charge in [-0.2, -0.15) is 0 Å². The number of phenols is 1. The monoisotopic (exact) mass is 224 g/mol. The fourth-order valence-corrected chi connectivity index (χ4v) is 1.61. The van der Waals surface area contributed by atoms with E-state index in [1.165, 1.54) is 6.07 Å². The first kappa shape index (κ1) is 9.86. The van der Waals surface area contributed by atoms with Gasteiger partial charge in [-0.05, 0) is 24.6 Å². The Labute approximate surface area is 91.3 Å². The SMILES string of the molecule is Cc1cc(Cl)cc(-c2cc(N)no2)c1O. The molecule has 0 aliphatic heterocycles. The molecular weight excluding hydrogens is 216 g/mol. The lowest BCUT2D eigenvalue weighted by Crippen LogP contribution is -1.82. The summed E-state index contributed by atoms with van der Waals surface area (Å²) < 4.78 is 4.95. The summed E-state index contributed by atoms with van der Waals surface area (Å²) in [7, 11) is 0. The largest absolute Gasteiger partial charge is 0.507 e. The maximum atomic E-state index is 9.80. The van der Waals surface area contributed by atoms with Crippen molar-refractivity contribution in [1.29, 1.82) is 0 Å². The number of aryl methyl sites for hydroxylation is 1. The van der Waals surface area contributed by atoms with Crippen LogP contribution in [-0.4, -0.2) is 10.3 Å². The average Bonchev–Trinajstić information content (AvgIpc) is 2.58. The molecule has 0 bridgehead atoms. The molecule has 0 saturated heterocycles. The van der Waals surface area contributed by atoms with Gasteiger partial charge in [0.05, 0.1) is 5.56 Å². The number of nitrogens with zero attached hydrogens (tertiary/aromatic N) is 1. The molecule has 1 heterocycles. The standard InChI is InChI=1S/C10H9ClN2O2/c1-5-2-6(11)3-7(10(5)14)8-4-9(12)13-15-8/h2-4,14H,1H3,(H2,12,13). The van der Waals surface area contributed by atoms with Crippen LogP contribution in [0.5, 0.6) is 5.75 Å². The summed E-state index contributed by atoms with van der Waals surface area (Å²) in [4.78, 5) is 0. The highest BCUT2D eigenvalue weighted by Crippen LogP contribution is 2.35. The predicted molar refractivity (Wildman–Crippen MR) is 57.8 cm³/mol. The van der Waals surface area contributed by atoms with Crippen LogP contribution in [0.4, 0.5) is 5.82 Å². The minimum Gasteiger partial charge on any atom is -0.507 e. The van der Waals surface area contributed by atoms with E-state index in [9.17, 15) is 5.11 Å². The summed E-state index contributed by atoms with van der Waals surface area (Å²) in [6.07, 6.45) is 0. The van der Waals surface area contributed by atoms with Gasteiger partial charge in [0, 0.05) is 11.1 Å². The van der Waals surface area contributed by atoms with E-state index < -0.39 is 0 Å². The van der Waals surface area contributed by atoms with Crippen LogP contribution in [0.1, 0.15) is 5.56 Å². The third-order valence-corrected chi connectivity index (χ3v) is 2.28. The molecule has 78 valence electrons. The lowest BCUT2D eigenvalue weighted by molar-refractivity contribution is 0.428. The number of phenolic OH excluding ortho intramolecular Hbond substituents is 1. The molecule has 0 unspecified atom stereocenters. The van der Waals surface area contributed by atoms with E-state index in [1.54, 1.807) is 19.1 Å². The Kier molecular flexibility index (Phi) is 2.28. The Hall–Kier alpha value is -1.68. The van der Waals surface area contributed by atoms with Crippen molar-refractivity contribution in [2.24, 2.45) is 0 Å². The zero-order valence-corrected chi connectivity index (χ0v) is 8.75. The molecule has 0 saturated carbocycles. The molecule has 15 heavy (non-hydrogen) atoms. The number of hydrogen-bond acceptors (Lipinski definition) is 4. The third-order valence-electron chi connectivity index (χ3n) is 2.06. The van der Waals surface area contributed by atoms with Gasteiger partial charge in [-0.25, -0.2) is 0 Å². The molecule has 0 spiro atoms. The van der Waals surface area contributed by atoms with Gasteiger partial charge in [0.1, 0.15) is 5.75 Å². The Bertz CT molecular complexity index is 508. The molecular formula is C10H9ClN2O2. The summed E-state index contributed by atoms with van der Waals surface area (Å²) in [5.41, 5.74) is 6.59. The van der Waals surface area contributed by atoms with Crippen molar-refractivity contribution in [3.63, 3.8) is 0 Å². The molecule has 1 aromatic heterocycles. The smallest absolute Gasteiger partial charge is 0.172 e. The van der Waals surface area contributed by atoms with E-state index in [0.717, 1.165) is 0 Å². The van der Waals surface area contributed by atoms with Crippen LogP contribution < -0.4 is 5.73 Å². The molecule has 5 heteroatoms. The molecule has 0 radical (unpaired) electrons. The summed E-state index contributed by atoms with van der Waals surface area (Å²) >= 11 is 5.87. The minimum absolute atomic E-state index is 0.121. The second-order valence-corrected chi connectivity index (χ2v) is 3.67. The van der Waals surface area contributed by atoms with Gasteiger partial charge in [-0.15, -0.1) is 0 Å². The first-order chi connectivity index (χ1) is 7.08. The van der Waals surface area contributed by atoms with E-state index in [1.807, 2.05) is 0 Å². The molecule has 0 fully saturated rings. The van der Waals surface area contributed by atoms with Gasteiger partial charge < -0.3 is 15.4 Å². The number of nitrogen functional groups attached to an aromatic ring is 1. The first-order valence-corrected chi connectivity index (χ1v) is 4.67. The van der Waals surface area contributed by atoms with Crippen LogP contribution in [0.3, 0.4) is 0 Å². The first-order valence-electron chi connectivity index (χ1n) is 4.29. The normalized spacial score (nSPS) is 10.5. The maximum absolute atomic E-state index is 9.80. The molecule has 2 aromatic rings. The van der Waals surface area contributed by atoms with Crippen LogP contribution in [0, 0.1) is 6.92 Å². The van der Waals surface area contributed by atoms with E-state index in [2.05, 4.69) is 5.16 Å². The topological polar surface area (TPSA) is 72.3 Å². The van der Waals surface area contributed by atoms with Crippen LogP contribution in [0.15, 0.2) is 22.7 Å². The van der Waals surface area contributed by atoms with Crippen LogP contribution in [0.25, 0.3) is 11.3 Å². The van der Waals surface area contributed by atoms with E-state index >= 15 is 0 Å². The molecule has 0 aliphatic carbocycles. The highest BCUT2D eigenvalue weighted by molar-refractivity contribution is 6.31. The number of rotatable bonds is 1. The van der Waals surface area contributed by atoms with Crippen molar-refractivity contribution in [2.45, 2.75) is 6.92 Å². The number of halogens is 1. The van der Waals surface area contributed by atoms with Crippen LogP contribution in [0.2, 0.25) is 5.02 Å². The third kappa shape index (κ3) is 1.76. The zero-order chi connectivity index (χ0) is 11.0. The molecule has 0 amide bonds. The summed E-state index contributed by atoms with van der Waals surface area (Å²) in [5.74, 6) is 0.785. The molecule has 0 aliphatic rings. The number of aromatic hydroxyl groups is 1. The van der Waals surface area contributed by atoms with Gasteiger partial charge in [-0.3, -0.25) is 0 Å². The van der Waals surface area contributed by atoms with Gasteiger partial charge in [-0.1, -0.05) is 16.8 Å². The number of anilines is 1. The van der Waals surface area contributed by atoms with Crippen LogP contribution >= 0.6 is 11.6 Å². The van der Waals surface area contributed by atoms with Crippen LogP contribution in [-0.2, 0) is 0 Å². The maximum Gasteiger partial charge on any atom is 0.172 e. The summed E-state index contributed by atoms with van der Waals surface area (Å²) in [5, 5.41) is 13.9. The van der Waals surface area contributed by atoms with Gasteiger partial charge in [0.15, 0.2) is 11.6 Å². The number of benzene rings is 1. The second-order valence-electron chi connectivity index (χ2n) is 3.23. The molecule has 4 nitrogen and oxygen atoms in total. The Balaban J connectivity index is 2.62. The van der Waals surface area contributed by atoms with Gasteiger partial charge in [0.2, 0.25) is 0 Å². The van der Waals surface area contributed by atoms with Crippen molar-refractivity contribution in [3.8, 4) is 17.1 Å². The van der Waals surface area contributed by atoms with Crippen molar-refractivity contribution in [2.75, 3.05) is 5.73 Å². The number of nitrogens with two attached hydrogens (primary N) is 1. The van der Waals surface area contributed by atoms with Gasteiger partial charge >= 0.3 is 0 Å². The van der Waals surface area contributed by atoms with Crippen molar-refractivity contribution in [1.82, 2.24) is 5.16 Å². The molecule has 2 rings (SSSR count). The van der Waals surface area contributed by atoms with E-state index in [4.69, 9.17) is 21.9 Å². The molecule has 3 N–H and O–H groups in total. The van der Waals surface area contributed by atoms with Crippen molar-refractivity contribution >= 4 is 17.4 Å². The number of aromatic nitrogens is 1. The summed E-state index contributed by atoms with van der Waals surface area (Å²) in [6.45, 7) is 1.75.